The first-order chi connectivity index (χ1) is 6.88. The van der Waals surface area contributed by atoms with Crippen molar-refractivity contribution in [2.45, 2.75) is 32.5 Å². The van der Waals surface area contributed by atoms with Crippen molar-refractivity contribution >= 4 is 0 Å². The van der Waals surface area contributed by atoms with Gasteiger partial charge in [0.15, 0.2) is 0 Å². The van der Waals surface area contributed by atoms with E-state index in [2.05, 4.69) is 35.3 Å². The average molecular weight is 194 g/mol. The molecule has 0 aromatic carbocycles. The van der Waals surface area contributed by atoms with Crippen LogP contribution in [0, 0.1) is 0 Å². The molecular formula is C11H18N2O. The molecule has 3 heteroatoms. The quantitative estimate of drug-likeness (QED) is 0.784. The molecule has 1 fully saturated rings. The molecule has 1 aromatic rings. The monoisotopic (exact) mass is 194 g/mol. The first kappa shape index (κ1) is 9.74. The second-order valence-corrected chi connectivity index (χ2v) is 3.79. The van der Waals surface area contributed by atoms with Gasteiger partial charge in [0.1, 0.15) is 0 Å². The van der Waals surface area contributed by atoms with Gasteiger partial charge in [-0.15, -0.1) is 0 Å². The molecule has 2 rings (SSSR count). The number of aryl methyl sites for hydroxylation is 1. The van der Waals surface area contributed by atoms with E-state index in [-0.39, 0.29) is 0 Å². The molecule has 0 bridgehead atoms. The van der Waals surface area contributed by atoms with Gasteiger partial charge in [0.25, 0.3) is 0 Å². The molecule has 1 aliphatic heterocycles. The van der Waals surface area contributed by atoms with Crippen molar-refractivity contribution in [1.82, 2.24) is 9.88 Å². The number of hydrogen-bond donors (Lipinski definition) is 1. The number of nitrogens with one attached hydrogen (secondary N) is 1. The first-order valence-electron chi connectivity index (χ1n) is 5.34. The van der Waals surface area contributed by atoms with Crippen LogP contribution in [0.1, 0.15) is 18.9 Å². The Hall–Kier alpha value is -0.800. The van der Waals surface area contributed by atoms with Crippen LogP contribution in [0.25, 0.3) is 0 Å². The number of hydrogen-bond acceptors (Lipinski definition) is 2. The second kappa shape index (κ2) is 4.62. The maximum atomic E-state index is 5.30. The Bertz CT molecular complexity index is 277. The van der Waals surface area contributed by atoms with Crippen LogP contribution in [0.2, 0.25) is 0 Å². The highest BCUT2D eigenvalue weighted by atomic mass is 16.5. The van der Waals surface area contributed by atoms with Crippen molar-refractivity contribution in [2.75, 3.05) is 13.2 Å². The molecule has 14 heavy (non-hydrogen) atoms. The number of rotatable bonds is 4. The Kier molecular flexibility index (Phi) is 3.22. The zero-order valence-electron chi connectivity index (χ0n) is 8.70. The number of ether oxygens (including phenoxy) is 1. The van der Waals surface area contributed by atoms with E-state index < -0.39 is 0 Å². The summed E-state index contributed by atoms with van der Waals surface area (Å²) in [6, 6.07) is 2.73. The molecule has 0 radical (unpaired) electrons. The summed E-state index contributed by atoms with van der Waals surface area (Å²) in [5.74, 6) is 0. The summed E-state index contributed by atoms with van der Waals surface area (Å²) in [6.45, 7) is 5.94. The molecule has 0 spiro atoms. The third-order valence-electron chi connectivity index (χ3n) is 2.70. The lowest BCUT2D eigenvalue weighted by Gasteiger charge is -2.08. The molecule has 1 atom stereocenters. The number of nitrogens with zero attached hydrogens (tertiary/aromatic N) is 1. The van der Waals surface area contributed by atoms with Gasteiger partial charge >= 0.3 is 0 Å². The molecule has 1 unspecified atom stereocenters. The van der Waals surface area contributed by atoms with Gasteiger partial charge < -0.3 is 14.6 Å². The lowest BCUT2D eigenvalue weighted by Crippen LogP contribution is -2.28. The lowest BCUT2D eigenvalue weighted by atomic mass is 10.2. The molecule has 0 saturated carbocycles. The van der Waals surface area contributed by atoms with E-state index in [0.29, 0.717) is 6.04 Å². The molecule has 0 aliphatic carbocycles. The summed E-state index contributed by atoms with van der Waals surface area (Å²) in [4.78, 5) is 0. The summed E-state index contributed by atoms with van der Waals surface area (Å²) in [7, 11) is 0. The van der Waals surface area contributed by atoms with Gasteiger partial charge in [-0.2, -0.15) is 0 Å². The van der Waals surface area contributed by atoms with Crippen LogP contribution in [0.3, 0.4) is 0 Å². The normalized spacial score (nSPS) is 21.6. The highest BCUT2D eigenvalue weighted by Gasteiger charge is 2.14. The fourth-order valence-electron chi connectivity index (χ4n) is 1.75. The SMILES string of the molecule is CCn1ccc(CNC2CCOC2)c1. The molecule has 2 heterocycles. The largest absolute Gasteiger partial charge is 0.380 e. The predicted octanol–water partition coefficient (Wildman–Crippen LogP) is 1.39. The average Bonchev–Trinajstić information content (AvgIpc) is 2.86. The van der Waals surface area contributed by atoms with E-state index in [1.807, 2.05) is 0 Å². The van der Waals surface area contributed by atoms with Crippen LogP contribution in [0.4, 0.5) is 0 Å². The smallest absolute Gasteiger partial charge is 0.0620 e. The fraction of sp³-hybridized carbons (Fsp3) is 0.636. The minimum atomic E-state index is 0.556. The van der Waals surface area contributed by atoms with Crippen molar-refractivity contribution in [3.63, 3.8) is 0 Å². The Morgan fingerprint density at radius 1 is 1.64 bits per heavy atom. The van der Waals surface area contributed by atoms with Crippen molar-refractivity contribution in [2.24, 2.45) is 0 Å². The highest BCUT2D eigenvalue weighted by Crippen LogP contribution is 2.06. The molecule has 78 valence electrons. The van der Waals surface area contributed by atoms with Gasteiger partial charge in [-0.1, -0.05) is 0 Å². The predicted molar refractivity (Wildman–Crippen MR) is 56.2 cm³/mol. The van der Waals surface area contributed by atoms with Gasteiger partial charge in [-0.25, -0.2) is 0 Å². The van der Waals surface area contributed by atoms with Crippen LogP contribution in [-0.2, 0) is 17.8 Å². The lowest BCUT2D eigenvalue weighted by molar-refractivity contribution is 0.190. The second-order valence-electron chi connectivity index (χ2n) is 3.79. The van der Waals surface area contributed by atoms with Crippen LogP contribution in [0.5, 0.6) is 0 Å². The van der Waals surface area contributed by atoms with E-state index >= 15 is 0 Å². The van der Waals surface area contributed by atoms with Crippen molar-refractivity contribution in [1.29, 1.82) is 0 Å². The molecule has 1 N–H and O–H groups in total. The Morgan fingerprint density at radius 2 is 2.57 bits per heavy atom. The van der Waals surface area contributed by atoms with Crippen LogP contribution in [-0.4, -0.2) is 23.8 Å². The summed E-state index contributed by atoms with van der Waals surface area (Å²) in [6.07, 6.45) is 5.47. The minimum Gasteiger partial charge on any atom is -0.380 e. The molecular weight excluding hydrogens is 176 g/mol. The van der Waals surface area contributed by atoms with Crippen molar-refractivity contribution < 1.29 is 4.74 Å². The summed E-state index contributed by atoms with van der Waals surface area (Å²) < 4.78 is 7.50. The first-order valence-corrected chi connectivity index (χ1v) is 5.34. The third kappa shape index (κ3) is 2.36. The van der Waals surface area contributed by atoms with E-state index in [1.165, 1.54) is 5.56 Å². The van der Waals surface area contributed by atoms with Crippen LogP contribution < -0.4 is 5.32 Å². The van der Waals surface area contributed by atoms with E-state index in [9.17, 15) is 0 Å². The van der Waals surface area contributed by atoms with E-state index in [1.54, 1.807) is 0 Å². The molecule has 1 saturated heterocycles. The Balaban J connectivity index is 1.79. The summed E-state index contributed by atoms with van der Waals surface area (Å²) in [5, 5.41) is 3.50. The van der Waals surface area contributed by atoms with Gasteiger partial charge in [-0.05, 0) is 25.0 Å². The standard InChI is InChI=1S/C11H18N2O/c1-2-13-5-3-10(8-13)7-12-11-4-6-14-9-11/h3,5,8,11-12H,2,4,6-7,9H2,1H3. The van der Waals surface area contributed by atoms with E-state index in [4.69, 9.17) is 4.74 Å². The zero-order valence-corrected chi connectivity index (χ0v) is 8.70. The molecule has 0 amide bonds. The zero-order chi connectivity index (χ0) is 9.80. The van der Waals surface area contributed by atoms with Crippen LogP contribution in [0.15, 0.2) is 18.5 Å². The van der Waals surface area contributed by atoms with Crippen LogP contribution >= 0.6 is 0 Å². The topological polar surface area (TPSA) is 26.2 Å². The molecule has 1 aromatic heterocycles. The van der Waals surface area contributed by atoms with Gasteiger partial charge in [-0.3, -0.25) is 0 Å². The Morgan fingerprint density at radius 3 is 3.21 bits per heavy atom. The van der Waals surface area contributed by atoms with Gasteiger partial charge in [0.05, 0.1) is 6.61 Å². The molecule has 1 aliphatic rings. The van der Waals surface area contributed by atoms with Crippen molar-refractivity contribution in [3.05, 3.63) is 24.0 Å². The third-order valence-corrected chi connectivity index (χ3v) is 2.70. The molecule has 3 nitrogen and oxygen atoms in total. The number of aromatic nitrogens is 1. The fourth-order valence-corrected chi connectivity index (χ4v) is 1.75. The maximum absolute atomic E-state index is 5.30. The van der Waals surface area contributed by atoms with Gasteiger partial charge in [0, 0.05) is 38.1 Å². The van der Waals surface area contributed by atoms with Crippen molar-refractivity contribution in [3.8, 4) is 0 Å². The van der Waals surface area contributed by atoms with Gasteiger partial charge in [0.2, 0.25) is 0 Å². The van der Waals surface area contributed by atoms with E-state index in [0.717, 1.165) is 32.7 Å². The summed E-state index contributed by atoms with van der Waals surface area (Å²) >= 11 is 0. The maximum Gasteiger partial charge on any atom is 0.0620 e. The minimum absolute atomic E-state index is 0.556. The summed E-state index contributed by atoms with van der Waals surface area (Å²) in [5.41, 5.74) is 1.36. The Labute approximate surface area is 85.1 Å². The highest BCUT2D eigenvalue weighted by molar-refractivity contribution is 5.10.